The highest BCUT2D eigenvalue weighted by Gasteiger charge is 2.24. The molecule has 20 heavy (non-hydrogen) atoms. The summed E-state index contributed by atoms with van der Waals surface area (Å²) in [6, 6.07) is 2.25. The second-order valence-electron chi connectivity index (χ2n) is 3.97. The molecule has 10 heteroatoms. The number of carboxylic acid groups (broad SMARTS) is 1. The number of rotatable bonds is 6. The van der Waals surface area contributed by atoms with Gasteiger partial charge in [-0.2, -0.15) is 0 Å². The van der Waals surface area contributed by atoms with Gasteiger partial charge in [0, 0.05) is 14.1 Å². The number of nitrogens with zero attached hydrogens (tertiary/aromatic N) is 1. The van der Waals surface area contributed by atoms with E-state index in [2.05, 4.69) is 5.32 Å². The summed E-state index contributed by atoms with van der Waals surface area (Å²) in [4.78, 5) is 21.9. The van der Waals surface area contributed by atoms with Gasteiger partial charge in [0.1, 0.15) is 0 Å². The van der Waals surface area contributed by atoms with Crippen molar-refractivity contribution in [3.8, 4) is 0 Å². The van der Waals surface area contributed by atoms with Crippen LogP contribution < -0.4 is 5.32 Å². The van der Waals surface area contributed by atoms with Gasteiger partial charge >= 0.3 is 5.97 Å². The number of carbonyl (C=O) groups excluding carboxylic acids is 1. The van der Waals surface area contributed by atoms with Crippen LogP contribution in [0.5, 0.6) is 0 Å². The van der Waals surface area contributed by atoms with E-state index in [-0.39, 0.29) is 5.76 Å². The number of aliphatic hydroxyl groups excluding tert-OH is 1. The molecule has 0 radical (unpaired) electrons. The Balaban J connectivity index is 2.78. The molecule has 3 N–H and O–H groups in total. The maximum absolute atomic E-state index is 11.7. The highest BCUT2D eigenvalue weighted by molar-refractivity contribution is 7.88. The third-order valence-electron chi connectivity index (χ3n) is 2.28. The van der Waals surface area contributed by atoms with Crippen LogP contribution in [-0.2, 0) is 14.8 Å². The van der Waals surface area contributed by atoms with E-state index in [4.69, 9.17) is 14.6 Å². The lowest BCUT2D eigenvalue weighted by Gasteiger charge is -2.08. The number of carbonyl (C=O) groups is 2. The minimum absolute atomic E-state index is 0.303. The number of amides is 1. The lowest BCUT2D eigenvalue weighted by molar-refractivity contribution is -0.146. The van der Waals surface area contributed by atoms with Crippen molar-refractivity contribution >= 4 is 21.9 Å². The van der Waals surface area contributed by atoms with Crippen LogP contribution in [0.4, 0.5) is 0 Å². The molecular weight excluding hydrogens is 292 g/mol. The maximum atomic E-state index is 11.7. The number of aliphatic hydroxyl groups is 1. The van der Waals surface area contributed by atoms with E-state index in [1.807, 2.05) is 0 Å². The smallest absolute Gasteiger partial charge is 0.334 e. The van der Waals surface area contributed by atoms with Crippen LogP contribution in [0.2, 0.25) is 0 Å². The minimum atomic E-state index is -3.79. The van der Waals surface area contributed by atoms with Crippen LogP contribution >= 0.6 is 0 Å². The molecule has 1 aromatic heterocycles. The number of hydrogen-bond donors (Lipinski definition) is 3. The Morgan fingerprint density at radius 1 is 1.40 bits per heavy atom. The van der Waals surface area contributed by atoms with Crippen LogP contribution in [0, 0.1) is 0 Å². The lowest BCUT2D eigenvalue weighted by atomic mass is 10.3. The van der Waals surface area contributed by atoms with Gasteiger partial charge in [0.15, 0.2) is 11.9 Å². The van der Waals surface area contributed by atoms with Gasteiger partial charge in [0.05, 0.1) is 6.54 Å². The van der Waals surface area contributed by atoms with E-state index in [1.54, 1.807) is 0 Å². The van der Waals surface area contributed by atoms with Crippen molar-refractivity contribution in [1.29, 1.82) is 0 Å². The molecule has 112 valence electrons. The fourth-order valence-corrected chi connectivity index (χ4v) is 1.92. The minimum Gasteiger partial charge on any atom is -0.479 e. The summed E-state index contributed by atoms with van der Waals surface area (Å²) in [5.74, 6) is -2.62. The Morgan fingerprint density at radius 2 is 2.00 bits per heavy atom. The highest BCUT2D eigenvalue weighted by Crippen LogP contribution is 2.16. The summed E-state index contributed by atoms with van der Waals surface area (Å²) in [7, 11) is -1.18. The average Bonchev–Trinajstić information content (AvgIpc) is 2.85. The van der Waals surface area contributed by atoms with Crippen LogP contribution in [0.3, 0.4) is 0 Å². The van der Waals surface area contributed by atoms with E-state index < -0.39 is 39.6 Å². The number of furan rings is 1. The standard InChI is InChI=1S/C10H14N2O7S/c1-12(2)20(17,18)8-4-3-7(19-8)9(14)11-5-6(13)10(15)16/h3-4,6,13H,5H2,1-2H3,(H,11,14)(H,15,16). The number of sulfonamides is 1. The Kier molecular flexibility index (Phi) is 4.87. The Morgan fingerprint density at radius 3 is 2.50 bits per heavy atom. The molecule has 1 aromatic rings. The van der Waals surface area contributed by atoms with Crippen molar-refractivity contribution in [3.05, 3.63) is 17.9 Å². The zero-order valence-electron chi connectivity index (χ0n) is 10.7. The first-order chi connectivity index (χ1) is 9.16. The van der Waals surface area contributed by atoms with Gasteiger partial charge in [0.25, 0.3) is 15.9 Å². The summed E-state index contributed by atoms with van der Waals surface area (Å²) < 4.78 is 29.2. The molecule has 1 heterocycles. The molecule has 1 atom stereocenters. The summed E-state index contributed by atoms with van der Waals surface area (Å²) >= 11 is 0. The van der Waals surface area contributed by atoms with Gasteiger partial charge in [-0.05, 0) is 12.1 Å². The van der Waals surface area contributed by atoms with E-state index in [0.29, 0.717) is 0 Å². The van der Waals surface area contributed by atoms with Crippen molar-refractivity contribution < 1.29 is 32.6 Å². The first-order valence-corrected chi connectivity index (χ1v) is 6.81. The fraction of sp³-hybridized carbons (Fsp3) is 0.400. The fourth-order valence-electron chi connectivity index (χ4n) is 1.12. The first kappa shape index (κ1) is 16.1. The monoisotopic (exact) mass is 306 g/mol. The summed E-state index contributed by atoms with van der Waals surface area (Å²) in [5.41, 5.74) is 0. The van der Waals surface area contributed by atoms with Crippen LogP contribution in [0.15, 0.2) is 21.6 Å². The molecule has 0 fully saturated rings. The van der Waals surface area contributed by atoms with Crippen molar-refractivity contribution in [2.75, 3.05) is 20.6 Å². The van der Waals surface area contributed by atoms with Gasteiger partial charge in [-0.3, -0.25) is 4.79 Å². The summed E-state index contributed by atoms with van der Waals surface area (Å²) in [5, 5.41) is 19.1. The third kappa shape index (κ3) is 3.56. The number of nitrogens with one attached hydrogen (secondary N) is 1. The van der Waals surface area contributed by atoms with Gasteiger partial charge in [0.2, 0.25) is 5.09 Å². The topological polar surface area (TPSA) is 137 Å². The quantitative estimate of drug-likeness (QED) is 0.594. The van der Waals surface area contributed by atoms with Gasteiger partial charge in [-0.25, -0.2) is 17.5 Å². The van der Waals surface area contributed by atoms with E-state index in [1.165, 1.54) is 14.1 Å². The van der Waals surface area contributed by atoms with Gasteiger partial charge < -0.3 is 19.9 Å². The van der Waals surface area contributed by atoms with E-state index >= 15 is 0 Å². The molecule has 0 bridgehead atoms. The predicted octanol–water partition coefficient (Wildman–Crippen LogP) is -1.29. The summed E-state index contributed by atoms with van der Waals surface area (Å²) in [6.45, 7) is -0.523. The molecule has 0 aliphatic rings. The summed E-state index contributed by atoms with van der Waals surface area (Å²) in [6.07, 6.45) is -1.75. The average molecular weight is 306 g/mol. The van der Waals surface area contributed by atoms with Gasteiger partial charge in [-0.15, -0.1) is 0 Å². The number of carboxylic acids is 1. The molecular formula is C10H14N2O7S. The zero-order valence-corrected chi connectivity index (χ0v) is 11.5. The molecule has 0 saturated heterocycles. The largest absolute Gasteiger partial charge is 0.479 e. The highest BCUT2D eigenvalue weighted by atomic mass is 32.2. The molecule has 0 aliphatic heterocycles. The first-order valence-electron chi connectivity index (χ1n) is 5.37. The van der Waals surface area contributed by atoms with Crippen molar-refractivity contribution in [3.63, 3.8) is 0 Å². The second kappa shape index (κ2) is 6.03. The zero-order chi connectivity index (χ0) is 15.5. The second-order valence-corrected chi connectivity index (χ2v) is 6.05. The van der Waals surface area contributed by atoms with Gasteiger partial charge in [-0.1, -0.05) is 0 Å². The molecule has 9 nitrogen and oxygen atoms in total. The molecule has 1 unspecified atom stereocenters. The third-order valence-corrected chi connectivity index (χ3v) is 3.97. The SMILES string of the molecule is CN(C)S(=O)(=O)c1ccc(C(=O)NCC(O)C(=O)O)o1. The predicted molar refractivity (Wildman–Crippen MR) is 65.6 cm³/mol. The molecule has 1 amide bonds. The Hall–Kier alpha value is -1.91. The molecule has 0 saturated carbocycles. The Labute approximate surface area is 114 Å². The number of aliphatic carboxylic acids is 1. The Bertz CT molecular complexity index is 605. The normalized spacial score (nSPS) is 13.2. The molecule has 0 aromatic carbocycles. The van der Waals surface area contributed by atoms with E-state index in [9.17, 15) is 18.0 Å². The van der Waals surface area contributed by atoms with Crippen molar-refractivity contribution in [2.24, 2.45) is 0 Å². The lowest BCUT2D eigenvalue weighted by Crippen LogP contribution is -2.36. The molecule has 0 spiro atoms. The molecule has 0 aliphatic carbocycles. The van der Waals surface area contributed by atoms with Crippen LogP contribution in [-0.4, -0.2) is 61.6 Å². The number of hydrogen-bond acceptors (Lipinski definition) is 6. The van der Waals surface area contributed by atoms with Crippen LogP contribution in [0.25, 0.3) is 0 Å². The maximum Gasteiger partial charge on any atom is 0.334 e. The van der Waals surface area contributed by atoms with E-state index in [0.717, 1.165) is 16.4 Å². The molecule has 1 rings (SSSR count). The van der Waals surface area contributed by atoms with Crippen LogP contribution in [0.1, 0.15) is 10.6 Å². The van der Waals surface area contributed by atoms with Crippen molar-refractivity contribution in [2.45, 2.75) is 11.2 Å². The van der Waals surface area contributed by atoms with Crippen molar-refractivity contribution in [1.82, 2.24) is 9.62 Å².